The first kappa shape index (κ1) is 21.1. The number of rotatable bonds is 2. The van der Waals surface area contributed by atoms with E-state index in [-0.39, 0.29) is 16.7 Å². The molecular weight excluding hydrogens is 424 g/mol. The second-order valence-electron chi connectivity index (χ2n) is 6.24. The Morgan fingerprint density at radius 1 is 0.967 bits per heavy atom. The number of imide groups is 1. The number of benzene rings is 1. The van der Waals surface area contributed by atoms with Crippen LogP contribution in [0.2, 0.25) is 0 Å². The van der Waals surface area contributed by atoms with Crippen molar-refractivity contribution in [2.75, 3.05) is 5.73 Å². The van der Waals surface area contributed by atoms with Crippen LogP contribution in [0.1, 0.15) is 49.1 Å². The maximum absolute atomic E-state index is 13.5. The molecule has 0 bridgehead atoms. The average Bonchev–Trinajstić information content (AvgIpc) is 2.86. The number of alkyl halides is 6. The topological polar surface area (TPSA) is 111 Å². The van der Waals surface area contributed by atoms with Gasteiger partial charge in [-0.05, 0) is 19.1 Å². The molecule has 3 N–H and O–H groups in total. The summed E-state index contributed by atoms with van der Waals surface area (Å²) in [7, 11) is 0. The van der Waals surface area contributed by atoms with Gasteiger partial charge in [0.15, 0.2) is 5.78 Å². The molecule has 0 radical (unpaired) electrons. The number of nitrogen functional groups attached to an aromatic ring is 1. The van der Waals surface area contributed by atoms with E-state index in [4.69, 9.17) is 5.73 Å². The van der Waals surface area contributed by atoms with Crippen molar-refractivity contribution < 1.29 is 40.7 Å². The van der Waals surface area contributed by atoms with Gasteiger partial charge in [0.2, 0.25) is 0 Å². The summed E-state index contributed by atoms with van der Waals surface area (Å²) in [6, 6.07) is 0.416. The van der Waals surface area contributed by atoms with Gasteiger partial charge < -0.3 is 5.73 Å². The van der Waals surface area contributed by atoms with Crippen LogP contribution < -0.4 is 16.6 Å². The second kappa shape index (κ2) is 6.43. The van der Waals surface area contributed by atoms with Gasteiger partial charge >= 0.3 is 12.4 Å². The lowest BCUT2D eigenvalue weighted by Gasteiger charge is -2.21. The number of hydrogen-bond donors (Lipinski definition) is 2. The van der Waals surface area contributed by atoms with Gasteiger partial charge in [-0.25, -0.2) is 0 Å². The van der Waals surface area contributed by atoms with Crippen LogP contribution in [0.5, 0.6) is 0 Å². The van der Waals surface area contributed by atoms with Gasteiger partial charge in [-0.2, -0.15) is 26.3 Å². The number of nitrogens with two attached hydrogens (primary N) is 1. The first-order valence-electron chi connectivity index (χ1n) is 7.89. The lowest BCUT2D eigenvalue weighted by atomic mass is 9.97. The van der Waals surface area contributed by atoms with Gasteiger partial charge in [-0.15, -0.1) is 0 Å². The van der Waals surface area contributed by atoms with E-state index in [0.29, 0.717) is 13.0 Å². The van der Waals surface area contributed by atoms with E-state index in [1.807, 2.05) is 0 Å². The fraction of sp³-hybridized carbons (Fsp3) is 0.176. The summed E-state index contributed by atoms with van der Waals surface area (Å²) in [6.45, 7) is 0.659. The SMILES string of the molecule is CC(=O)c1c(-n2c(N)c3c(cc2=O)C(=O)NC3=O)cc(C(F)(F)F)cc1C(F)(F)F. The van der Waals surface area contributed by atoms with Gasteiger partial charge in [0, 0.05) is 6.07 Å². The Morgan fingerprint density at radius 2 is 1.57 bits per heavy atom. The van der Waals surface area contributed by atoms with Gasteiger partial charge in [0.05, 0.1) is 33.5 Å². The number of carbonyl (C=O) groups is 3. The van der Waals surface area contributed by atoms with Crippen LogP contribution in [-0.4, -0.2) is 22.2 Å². The molecule has 13 heteroatoms. The first-order chi connectivity index (χ1) is 13.6. The van der Waals surface area contributed by atoms with Gasteiger partial charge in [0.25, 0.3) is 17.4 Å². The highest BCUT2D eigenvalue weighted by atomic mass is 19.4. The van der Waals surface area contributed by atoms with Crippen LogP contribution >= 0.6 is 0 Å². The zero-order valence-electron chi connectivity index (χ0n) is 14.7. The molecule has 0 saturated carbocycles. The fourth-order valence-corrected chi connectivity index (χ4v) is 3.09. The molecule has 0 aliphatic carbocycles. The monoisotopic (exact) mass is 433 g/mol. The van der Waals surface area contributed by atoms with Crippen LogP contribution in [0.3, 0.4) is 0 Å². The van der Waals surface area contributed by atoms with Crippen molar-refractivity contribution in [2.45, 2.75) is 19.3 Å². The highest BCUT2D eigenvalue weighted by Crippen LogP contribution is 2.40. The zero-order valence-corrected chi connectivity index (χ0v) is 14.7. The Kier molecular flexibility index (Phi) is 4.52. The predicted octanol–water partition coefficient (Wildman–Crippen LogP) is 2.54. The van der Waals surface area contributed by atoms with Crippen LogP contribution in [0, 0.1) is 0 Å². The maximum atomic E-state index is 13.5. The molecule has 1 aliphatic heterocycles. The van der Waals surface area contributed by atoms with E-state index >= 15 is 0 Å². The largest absolute Gasteiger partial charge is 0.417 e. The van der Waals surface area contributed by atoms with Crippen molar-refractivity contribution in [3.05, 3.63) is 56.4 Å². The van der Waals surface area contributed by atoms with Crippen molar-refractivity contribution in [1.29, 1.82) is 0 Å². The number of fused-ring (bicyclic) bond motifs is 1. The minimum atomic E-state index is -5.39. The Balaban J connectivity index is 2.53. The molecule has 3 rings (SSSR count). The van der Waals surface area contributed by atoms with E-state index in [0.717, 1.165) is 0 Å². The van der Waals surface area contributed by atoms with Crippen molar-refractivity contribution >= 4 is 23.4 Å². The maximum Gasteiger partial charge on any atom is 0.417 e. The number of carbonyl (C=O) groups excluding carboxylic acids is 3. The second-order valence-corrected chi connectivity index (χ2v) is 6.24. The summed E-state index contributed by atoms with van der Waals surface area (Å²) >= 11 is 0. The number of pyridine rings is 1. The van der Waals surface area contributed by atoms with E-state index in [9.17, 15) is 45.5 Å². The van der Waals surface area contributed by atoms with Crippen molar-refractivity contribution in [2.24, 2.45) is 0 Å². The van der Waals surface area contributed by atoms with E-state index in [1.165, 1.54) is 0 Å². The fourth-order valence-electron chi connectivity index (χ4n) is 3.09. The number of ketones is 1. The van der Waals surface area contributed by atoms with Gasteiger partial charge in [-0.1, -0.05) is 0 Å². The summed E-state index contributed by atoms with van der Waals surface area (Å²) in [4.78, 5) is 48.0. The van der Waals surface area contributed by atoms with Crippen molar-refractivity contribution in [3.8, 4) is 5.69 Å². The quantitative estimate of drug-likeness (QED) is 0.430. The van der Waals surface area contributed by atoms with Crippen LogP contribution in [0.15, 0.2) is 23.0 Å². The molecule has 0 spiro atoms. The number of amides is 2. The Bertz CT molecular complexity index is 1190. The number of hydrogen-bond acceptors (Lipinski definition) is 5. The Labute approximate surface area is 162 Å². The van der Waals surface area contributed by atoms with Crippen molar-refractivity contribution in [1.82, 2.24) is 9.88 Å². The molecule has 158 valence electrons. The summed E-state index contributed by atoms with van der Waals surface area (Å²) in [6.07, 6.45) is -10.7. The summed E-state index contributed by atoms with van der Waals surface area (Å²) < 4.78 is 80.3. The molecular formula is C17H9F6N3O4. The average molecular weight is 433 g/mol. The minimum absolute atomic E-state index is 0.144. The number of halogens is 6. The minimum Gasteiger partial charge on any atom is -0.384 e. The number of nitrogens with one attached hydrogen (secondary N) is 1. The number of nitrogens with zero attached hydrogens (tertiary/aromatic N) is 1. The number of aromatic nitrogens is 1. The molecule has 1 aromatic heterocycles. The van der Waals surface area contributed by atoms with Crippen LogP contribution in [0.25, 0.3) is 5.69 Å². The number of Topliss-reactive ketones (excluding diaryl/α,β-unsaturated/α-hetero) is 1. The molecule has 0 saturated heterocycles. The molecule has 2 aromatic rings. The highest BCUT2D eigenvalue weighted by Gasteiger charge is 2.41. The molecule has 7 nitrogen and oxygen atoms in total. The van der Waals surface area contributed by atoms with Crippen molar-refractivity contribution in [3.63, 3.8) is 0 Å². The molecule has 1 aliphatic rings. The molecule has 1 aromatic carbocycles. The summed E-state index contributed by atoms with van der Waals surface area (Å²) in [5.74, 6) is -4.32. The third kappa shape index (κ3) is 3.21. The Hall–Kier alpha value is -3.64. The number of anilines is 1. The van der Waals surface area contributed by atoms with E-state index < -0.39 is 74.8 Å². The molecule has 2 heterocycles. The van der Waals surface area contributed by atoms with Gasteiger partial charge in [0.1, 0.15) is 5.82 Å². The van der Waals surface area contributed by atoms with E-state index in [1.54, 1.807) is 5.32 Å². The van der Waals surface area contributed by atoms with Gasteiger partial charge in [-0.3, -0.25) is 29.1 Å². The molecule has 2 amide bonds. The third-order valence-corrected chi connectivity index (χ3v) is 4.30. The third-order valence-electron chi connectivity index (χ3n) is 4.30. The Morgan fingerprint density at radius 3 is 2.07 bits per heavy atom. The lowest BCUT2D eigenvalue weighted by Crippen LogP contribution is -2.27. The molecule has 0 atom stereocenters. The highest BCUT2D eigenvalue weighted by molar-refractivity contribution is 6.23. The smallest absolute Gasteiger partial charge is 0.384 e. The molecule has 30 heavy (non-hydrogen) atoms. The first-order valence-corrected chi connectivity index (χ1v) is 7.89. The predicted molar refractivity (Wildman–Crippen MR) is 88.3 cm³/mol. The molecule has 0 fully saturated rings. The standard InChI is InChI=1S/C17H9F6N3O4/c1-5(27)11-8(17(21,22)23)2-6(16(18,19)20)3-9(11)26-10(28)4-7-12(13(26)24)15(30)25-14(7)29/h2-4H,24H2,1H3,(H,25,29,30). The summed E-state index contributed by atoms with van der Waals surface area (Å²) in [5, 5.41) is 1.80. The normalized spacial score (nSPS) is 14.0. The van der Waals surface area contributed by atoms with E-state index in [2.05, 4.69) is 0 Å². The van der Waals surface area contributed by atoms with Crippen LogP contribution in [-0.2, 0) is 12.4 Å². The molecule has 0 unspecified atom stereocenters. The zero-order chi connectivity index (χ0) is 22.8. The van der Waals surface area contributed by atoms with Crippen LogP contribution in [0.4, 0.5) is 32.2 Å². The summed E-state index contributed by atoms with van der Waals surface area (Å²) in [5.41, 5.74) is -2.86. The lowest BCUT2D eigenvalue weighted by molar-refractivity contribution is -0.143.